The van der Waals surface area contributed by atoms with Gasteiger partial charge in [0.15, 0.2) is 5.65 Å². The Labute approximate surface area is 125 Å². The number of hydrogen-bond donors (Lipinski definition) is 3. The Bertz CT molecular complexity index is 588. The van der Waals surface area contributed by atoms with Crippen molar-refractivity contribution in [2.75, 3.05) is 37.8 Å². The fraction of sp³-hybridized carbons (Fsp3) is 0.643. The Morgan fingerprint density at radius 2 is 2.00 bits per heavy atom. The van der Waals surface area contributed by atoms with Crippen molar-refractivity contribution in [2.45, 2.75) is 32.7 Å². The van der Waals surface area contributed by atoms with Gasteiger partial charge < -0.3 is 15.5 Å². The van der Waals surface area contributed by atoms with Crippen LogP contribution in [0.1, 0.15) is 27.2 Å². The first-order valence-electron chi connectivity index (χ1n) is 7.30. The molecule has 0 aliphatic rings. The van der Waals surface area contributed by atoms with Crippen LogP contribution >= 0.6 is 0 Å². The number of anilines is 2. The molecule has 0 radical (unpaired) electrons. The first-order chi connectivity index (χ1) is 9.94. The van der Waals surface area contributed by atoms with Gasteiger partial charge in [-0.15, -0.1) is 0 Å². The highest BCUT2D eigenvalue weighted by Crippen LogP contribution is 2.21. The van der Waals surface area contributed by atoms with E-state index in [0.717, 1.165) is 36.4 Å². The summed E-state index contributed by atoms with van der Waals surface area (Å²) in [6.07, 6.45) is 2.78. The number of rotatable bonds is 7. The molecule has 0 fully saturated rings. The molecule has 0 aromatic carbocycles. The van der Waals surface area contributed by atoms with Gasteiger partial charge in [0, 0.05) is 18.6 Å². The zero-order valence-corrected chi connectivity index (χ0v) is 13.5. The number of nitrogens with one attached hydrogen (secondary N) is 3. The molecule has 0 saturated carbocycles. The average molecular weight is 291 g/mol. The van der Waals surface area contributed by atoms with Crippen LogP contribution in [0.5, 0.6) is 0 Å². The fourth-order valence-electron chi connectivity index (χ4n) is 1.74. The first-order valence-corrected chi connectivity index (χ1v) is 7.30. The number of fused-ring (bicyclic) bond motifs is 1. The molecule has 2 rings (SSSR count). The molecule has 0 aliphatic carbocycles. The minimum Gasteiger partial charge on any atom is -0.367 e. The molecule has 0 atom stereocenters. The van der Waals surface area contributed by atoms with E-state index in [4.69, 9.17) is 0 Å². The van der Waals surface area contributed by atoms with Gasteiger partial charge in [0.25, 0.3) is 0 Å². The average Bonchev–Trinajstić information content (AvgIpc) is 2.90. The quantitative estimate of drug-likeness (QED) is 0.723. The van der Waals surface area contributed by atoms with E-state index in [1.54, 1.807) is 6.20 Å². The Morgan fingerprint density at radius 3 is 2.67 bits per heavy atom. The molecule has 7 heteroatoms. The summed E-state index contributed by atoms with van der Waals surface area (Å²) in [6, 6.07) is 0. The first kappa shape index (κ1) is 15.5. The lowest BCUT2D eigenvalue weighted by atomic mass is 10.0. The highest BCUT2D eigenvalue weighted by atomic mass is 15.2. The van der Waals surface area contributed by atoms with E-state index >= 15 is 0 Å². The third kappa shape index (κ3) is 3.60. The molecule has 0 saturated heterocycles. The van der Waals surface area contributed by atoms with Crippen molar-refractivity contribution in [3.63, 3.8) is 0 Å². The number of aromatic amines is 1. The van der Waals surface area contributed by atoms with Crippen LogP contribution in [0.3, 0.4) is 0 Å². The Kier molecular flexibility index (Phi) is 4.62. The monoisotopic (exact) mass is 291 g/mol. The molecule has 0 spiro atoms. The molecule has 0 aliphatic heterocycles. The van der Waals surface area contributed by atoms with Crippen molar-refractivity contribution in [2.24, 2.45) is 0 Å². The van der Waals surface area contributed by atoms with E-state index in [9.17, 15) is 0 Å². The molecule has 2 aromatic heterocycles. The standard InChI is InChI=1S/C14H25N7/c1-6-7-15-13-18-11(10-8-17-20-12(10)19-13)16-9-14(2,3)21(4)5/h8H,6-7,9H2,1-5H3,(H3,15,16,17,18,19,20). The van der Waals surface area contributed by atoms with Crippen LogP contribution in [-0.4, -0.2) is 57.8 Å². The summed E-state index contributed by atoms with van der Waals surface area (Å²) in [5.41, 5.74) is 0.770. The predicted molar refractivity (Wildman–Crippen MR) is 86.7 cm³/mol. The largest absolute Gasteiger partial charge is 0.367 e. The summed E-state index contributed by atoms with van der Waals surface area (Å²) in [7, 11) is 4.15. The minimum atomic E-state index is 0.0258. The van der Waals surface area contributed by atoms with Crippen LogP contribution in [0.15, 0.2) is 6.20 Å². The molecule has 2 aromatic rings. The Morgan fingerprint density at radius 1 is 1.24 bits per heavy atom. The van der Waals surface area contributed by atoms with Gasteiger partial charge in [-0.05, 0) is 34.4 Å². The number of aromatic nitrogens is 4. The molecule has 2 heterocycles. The SMILES string of the molecule is CCCNc1nc(NCC(C)(C)N(C)C)c2cn[nH]c2n1. The topological polar surface area (TPSA) is 81.8 Å². The summed E-state index contributed by atoms with van der Waals surface area (Å²) < 4.78 is 0. The predicted octanol–water partition coefficient (Wildman–Crippen LogP) is 1.93. The van der Waals surface area contributed by atoms with E-state index in [0.29, 0.717) is 5.95 Å². The summed E-state index contributed by atoms with van der Waals surface area (Å²) in [5, 5.41) is 14.5. The molecule has 0 bridgehead atoms. The normalized spacial score (nSPS) is 12.1. The number of likely N-dealkylation sites (N-methyl/N-ethyl adjacent to an activating group) is 1. The number of H-pyrrole nitrogens is 1. The summed E-state index contributed by atoms with van der Waals surface area (Å²) in [6.45, 7) is 8.11. The third-order valence-electron chi connectivity index (χ3n) is 3.74. The van der Waals surface area contributed by atoms with E-state index in [1.807, 2.05) is 0 Å². The van der Waals surface area contributed by atoms with Gasteiger partial charge in [0.1, 0.15) is 5.82 Å². The molecule has 3 N–H and O–H groups in total. The molecular formula is C14H25N7. The second kappa shape index (κ2) is 6.26. The van der Waals surface area contributed by atoms with Crippen molar-refractivity contribution in [3.8, 4) is 0 Å². The summed E-state index contributed by atoms with van der Waals surface area (Å²) in [5.74, 6) is 1.43. The highest BCUT2D eigenvalue weighted by molar-refractivity contribution is 5.86. The lowest BCUT2D eigenvalue weighted by molar-refractivity contribution is 0.210. The molecule has 21 heavy (non-hydrogen) atoms. The maximum absolute atomic E-state index is 4.56. The van der Waals surface area contributed by atoms with Gasteiger partial charge in [-0.1, -0.05) is 6.92 Å². The van der Waals surface area contributed by atoms with Crippen LogP contribution in [0.4, 0.5) is 11.8 Å². The van der Waals surface area contributed by atoms with E-state index in [2.05, 4.69) is 70.6 Å². The van der Waals surface area contributed by atoms with Crippen LogP contribution in [-0.2, 0) is 0 Å². The van der Waals surface area contributed by atoms with Crippen LogP contribution in [0.2, 0.25) is 0 Å². The number of nitrogens with zero attached hydrogens (tertiary/aromatic N) is 4. The van der Waals surface area contributed by atoms with Crippen molar-refractivity contribution < 1.29 is 0 Å². The minimum absolute atomic E-state index is 0.0258. The van der Waals surface area contributed by atoms with Crippen molar-refractivity contribution >= 4 is 22.8 Å². The van der Waals surface area contributed by atoms with Gasteiger partial charge in [0.05, 0.1) is 11.6 Å². The van der Waals surface area contributed by atoms with Crippen LogP contribution < -0.4 is 10.6 Å². The van der Waals surface area contributed by atoms with E-state index in [1.165, 1.54) is 0 Å². The second-order valence-electron chi connectivity index (χ2n) is 6.02. The summed E-state index contributed by atoms with van der Waals surface area (Å²) >= 11 is 0. The highest BCUT2D eigenvalue weighted by Gasteiger charge is 2.21. The molecule has 7 nitrogen and oxygen atoms in total. The summed E-state index contributed by atoms with van der Waals surface area (Å²) in [4.78, 5) is 11.2. The lowest BCUT2D eigenvalue weighted by Crippen LogP contribution is -2.44. The zero-order chi connectivity index (χ0) is 15.5. The van der Waals surface area contributed by atoms with Gasteiger partial charge in [-0.3, -0.25) is 5.10 Å². The fourth-order valence-corrected chi connectivity index (χ4v) is 1.74. The lowest BCUT2D eigenvalue weighted by Gasteiger charge is -2.32. The smallest absolute Gasteiger partial charge is 0.226 e. The Balaban J connectivity index is 2.22. The second-order valence-corrected chi connectivity index (χ2v) is 6.02. The van der Waals surface area contributed by atoms with Crippen molar-refractivity contribution in [3.05, 3.63) is 6.20 Å². The number of hydrogen-bond acceptors (Lipinski definition) is 6. The van der Waals surface area contributed by atoms with Gasteiger partial charge in [0.2, 0.25) is 5.95 Å². The Hall–Kier alpha value is -1.89. The van der Waals surface area contributed by atoms with Crippen molar-refractivity contribution in [1.82, 2.24) is 25.1 Å². The maximum Gasteiger partial charge on any atom is 0.226 e. The van der Waals surface area contributed by atoms with Gasteiger partial charge in [-0.2, -0.15) is 15.1 Å². The third-order valence-corrected chi connectivity index (χ3v) is 3.74. The van der Waals surface area contributed by atoms with Crippen molar-refractivity contribution in [1.29, 1.82) is 0 Å². The van der Waals surface area contributed by atoms with Crippen LogP contribution in [0.25, 0.3) is 11.0 Å². The zero-order valence-electron chi connectivity index (χ0n) is 13.5. The van der Waals surface area contributed by atoms with E-state index in [-0.39, 0.29) is 5.54 Å². The van der Waals surface area contributed by atoms with Gasteiger partial charge in [-0.25, -0.2) is 0 Å². The maximum atomic E-state index is 4.56. The molecule has 116 valence electrons. The van der Waals surface area contributed by atoms with E-state index < -0.39 is 0 Å². The van der Waals surface area contributed by atoms with Gasteiger partial charge >= 0.3 is 0 Å². The molecule has 0 amide bonds. The van der Waals surface area contributed by atoms with Crippen LogP contribution in [0, 0.1) is 0 Å². The molecule has 0 unspecified atom stereocenters. The molecular weight excluding hydrogens is 266 g/mol.